The smallest absolute Gasteiger partial charge is 0.281 e. The molecule has 1 heterocycles. The fourth-order valence-corrected chi connectivity index (χ4v) is 3.22. The second kappa shape index (κ2) is 7.10. The maximum atomic E-state index is 12.4. The van der Waals surface area contributed by atoms with Crippen molar-refractivity contribution in [2.75, 3.05) is 14.1 Å². The molecule has 0 aliphatic rings. The minimum Gasteiger partial charge on any atom is -0.347 e. The molecule has 7 heteroatoms. The SMILES string of the molecule is Cc1cn([C@H](C)C(=O)N(C)C)c(=NC(=O)c2ccccc2Cl)s1. The van der Waals surface area contributed by atoms with Gasteiger partial charge in [-0.3, -0.25) is 9.59 Å². The molecule has 2 amide bonds. The van der Waals surface area contributed by atoms with E-state index in [2.05, 4.69) is 4.99 Å². The lowest BCUT2D eigenvalue weighted by Crippen LogP contribution is -2.33. The summed E-state index contributed by atoms with van der Waals surface area (Å²) in [6.07, 6.45) is 1.83. The van der Waals surface area contributed by atoms with Crippen molar-refractivity contribution in [1.29, 1.82) is 0 Å². The van der Waals surface area contributed by atoms with Crippen LogP contribution < -0.4 is 4.80 Å². The summed E-state index contributed by atoms with van der Waals surface area (Å²) in [4.78, 5) is 31.7. The molecule has 122 valence electrons. The zero-order chi connectivity index (χ0) is 17.1. The van der Waals surface area contributed by atoms with E-state index in [-0.39, 0.29) is 5.91 Å². The molecule has 23 heavy (non-hydrogen) atoms. The van der Waals surface area contributed by atoms with E-state index in [4.69, 9.17) is 11.6 Å². The lowest BCUT2D eigenvalue weighted by atomic mass is 10.2. The number of aryl methyl sites for hydroxylation is 1. The number of thiazole rings is 1. The van der Waals surface area contributed by atoms with Crippen LogP contribution >= 0.6 is 22.9 Å². The first kappa shape index (κ1) is 17.4. The van der Waals surface area contributed by atoms with E-state index < -0.39 is 11.9 Å². The van der Waals surface area contributed by atoms with Gasteiger partial charge in [0.15, 0.2) is 4.80 Å². The molecule has 0 spiro atoms. The maximum Gasteiger partial charge on any atom is 0.281 e. The fourth-order valence-electron chi connectivity index (χ4n) is 2.11. The fraction of sp³-hybridized carbons (Fsp3) is 0.312. The van der Waals surface area contributed by atoms with Crippen LogP contribution in [0, 0.1) is 6.92 Å². The van der Waals surface area contributed by atoms with Crippen LogP contribution in [-0.2, 0) is 4.79 Å². The molecule has 1 aromatic heterocycles. The number of carbonyl (C=O) groups is 2. The number of amides is 2. The van der Waals surface area contributed by atoms with Gasteiger partial charge in [0, 0.05) is 25.2 Å². The summed E-state index contributed by atoms with van der Waals surface area (Å²) in [5.41, 5.74) is 0.346. The Morgan fingerprint density at radius 2 is 1.96 bits per heavy atom. The zero-order valence-electron chi connectivity index (χ0n) is 13.4. The van der Waals surface area contributed by atoms with Crippen molar-refractivity contribution in [3.8, 4) is 0 Å². The first-order valence-electron chi connectivity index (χ1n) is 7.04. The van der Waals surface area contributed by atoms with Gasteiger partial charge in [-0.2, -0.15) is 4.99 Å². The van der Waals surface area contributed by atoms with Gasteiger partial charge in [-0.1, -0.05) is 23.7 Å². The highest BCUT2D eigenvalue weighted by atomic mass is 35.5. The Morgan fingerprint density at radius 1 is 1.30 bits per heavy atom. The van der Waals surface area contributed by atoms with Crippen LogP contribution in [0.1, 0.15) is 28.2 Å². The van der Waals surface area contributed by atoms with Crippen LogP contribution in [0.25, 0.3) is 0 Å². The summed E-state index contributed by atoms with van der Waals surface area (Å²) < 4.78 is 1.72. The maximum absolute atomic E-state index is 12.4. The summed E-state index contributed by atoms with van der Waals surface area (Å²) in [7, 11) is 3.40. The van der Waals surface area contributed by atoms with Crippen LogP contribution in [0.4, 0.5) is 0 Å². The largest absolute Gasteiger partial charge is 0.347 e. The second-order valence-electron chi connectivity index (χ2n) is 5.34. The van der Waals surface area contributed by atoms with Gasteiger partial charge < -0.3 is 9.47 Å². The highest BCUT2D eigenvalue weighted by molar-refractivity contribution is 7.09. The Kier molecular flexibility index (Phi) is 5.38. The zero-order valence-corrected chi connectivity index (χ0v) is 15.0. The van der Waals surface area contributed by atoms with Gasteiger partial charge in [-0.25, -0.2) is 0 Å². The number of hydrogen-bond acceptors (Lipinski definition) is 3. The van der Waals surface area contributed by atoms with Crippen molar-refractivity contribution in [3.63, 3.8) is 0 Å². The van der Waals surface area contributed by atoms with Gasteiger partial charge in [0.2, 0.25) is 5.91 Å². The summed E-state index contributed by atoms with van der Waals surface area (Å²) in [6.45, 7) is 3.69. The van der Waals surface area contributed by atoms with Gasteiger partial charge in [-0.05, 0) is 26.0 Å². The first-order valence-corrected chi connectivity index (χ1v) is 8.24. The normalized spacial score (nSPS) is 13.0. The first-order chi connectivity index (χ1) is 10.8. The number of hydrogen-bond donors (Lipinski definition) is 0. The Bertz CT molecular complexity index is 808. The number of benzene rings is 1. The van der Waals surface area contributed by atoms with Gasteiger partial charge >= 0.3 is 0 Å². The third kappa shape index (κ3) is 3.89. The number of rotatable bonds is 3. The molecule has 1 atom stereocenters. The number of aromatic nitrogens is 1. The average molecular weight is 352 g/mol. The van der Waals surface area contributed by atoms with Gasteiger partial charge in [-0.15, -0.1) is 11.3 Å². The number of nitrogens with zero attached hydrogens (tertiary/aromatic N) is 3. The minimum atomic E-state index is -0.437. The second-order valence-corrected chi connectivity index (χ2v) is 6.96. The van der Waals surface area contributed by atoms with E-state index in [1.54, 1.807) is 49.9 Å². The molecular formula is C16H18ClN3O2S. The van der Waals surface area contributed by atoms with Gasteiger partial charge in [0.05, 0.1) is 10.6 Å². The number of halogens is 1. The van der Waals surface area contributed by atoms with Crippen molar-refractivity contribution >= 4 is 34.8 Å². The Morgan fingerprint density at radius 3 is 2.57 bits per heavy atom. The van der Waals surface area contributed by atoms with E-state index in [0.717, 1.165) is 4.88 Å². The molecule has 5 nitrogen and oxygen atoms in total. The predicted octanol–water partition coefficient (Wildman–Crippen LogP) is 2.90. The van der Waals surface area contributed by atoms with Gasteiger partial charge in [0.1, 0.15) is 6.04 Å². The molecule has 0 saturated heterocycles. The summed E-state index contributed by atoms with van der Waals surface area (Å²) >= 11 is 7.40. The van der Waals surface area contributed by atoms with Crippen LogP contribution in [0.2, 0.25) is 5.02 Å². The van der Waals surface area contributed by atoms with E-state index in [9.17, 15) is 9.59 Å². The van der Waals surface area contributed by atoms with E-state index in [0.29, 0.717) is 15.4 Å². The average Bonchev–Trinajstić information content (AvgIpc) is 2.86. The van der Waals surface area contributed by atoms with Crippen molar-refractivity contribution < 1.29 is 9.59 Å². The number of carbonyl (C=O) groups excluding carboxylic acids is 2. The standard InChI is InChI=1S/C16H18ClN3O2S/c1-10-9-20(11(2)15(22)19(3)4)16(23-10)18-14(21)12-7-5-6-8-13(12)17/h5-9,11H,1-4H3/t11-/m1/s1. The molecule has 0 saturated carbocycles. The Hall–Kier alpha value is -1.92. The summed E-state index contributed by atoms with van der Waals surface area (Å²) in [5.74, 6) is -0.481. The van der Waals surface area contributed by atoms with Crippen LogP contribution in [0.5, 0.6) is 0 Å². The van der Waals surface area contributed by atoms with E-state index in [1.807, 2.05) is 13.1 Å². The molecule has 0 unspecified atom stereocenters. The molecule has 2 aromatic rings. The van der Waals surface area contributed by atoms with Gasteiger partial charge in [0.25, 0.3) is 5.91 Å². The molecule has 0 aliphatic carbocycles. The molecule has 0 aliphatic heterocycles. The summed E-state index contributed by atoms with van der Waals surface area (Å²) in [5, 5.41) is 0.360. The monoisotopic (exact) mass is 351 g/mol. The highest BCUT2D eigenvalue weighted by Gasteiger charge is 2.19. The van der Waals surface area contributed by atoms with Crippen LogP contribution in [0.3, 0.4) is 0 Å². The molecule has 2 rings (SSSR count). The quantitative estimate of drug-likeness (QED) is 0.853. The predicted molar refractivity (Wildman–Crippen MR) is 91.8 cm³/mol. The highest BCUT2D eigenvalue weighted by Crippen LogP contribution is 2.16. The van der Waals surface area contributed by atoms with E-state index in [1.165, 1.54) is 16.2 Å². The minimum absolute atomic E-state index is 0.0607. The third-order valence-corrected chi connectivity index (χ3v) is 4.55. The molecule has 0 bridgehead atoms. The van der Waals surface area contributed by atoms with Crippen molar-refractivity contribution in [2.45, 2.75) is 19.9 Å². The molecule has 0 radical (unpaired) electrons. The van der Waals surface area contributed by atoms with E-state index >= 15 is 0 Å². The Labute approximate surface area is 143 Å². The molecule has 0 fully saturated rings. The summed E-state index contributed by atoms with van der Waals surface area (Å²) in [6, 6.07) is 6.34. The van der Waals surface area contributed by atoms with Crippen molar-refractivity contribution in [1.82, 2.24) is 9.47 Å². The lowest BCUT2D eigenvalue weighted by molar-refractivity contribution is -0.131. The number of likely N-dealkylation sites (N-methyl/N-ethyl adjacent to an activating group) is 1. The Balaban J connectivity index is 2.46. The molecular weight excluding hydrogens is 334 g/mol. The van der Waals surface area contributed by atoms with Crippen LogP contribution in [0.15, 0.2) is 35.5 Å². The molecule has 1 aromatic carbocycles. The molecule has 0 N–H and O–H groups in total. The third-order valence-electron chi connectivity index (χ3n) is 3.31. The van der Waals surface area contributed by atoms with Crippen molar-refractivity contribution in [2.24, 2.45) is 4.99 Å². The topological polar surface area (TPSA) is 54.7 Å². The lowest BCUT2D eigenvalue weighted by Gasteiger charge is -2.17. The van der Waals surface area contributed by atoms with Crippen molar-refractivity contribution in [3.05, 3.63) is 50.7 Å². The van der Waals surface area contributed by atoms with Crippen LogP contribution in [-0.4, -0.2) is 35.4 Å².